The number of halogens is 1. The van der Waals surface area contributed by atoms with E-state index in [1.54, 1.807) is 0 Å². The van der Waals surface area contributed by atoms with Crippen molar-refractivity contribution in [2.45, 2.75) is 38.1 Å². The van der Waals surface area contributed by atoms with E-state index in [1.165, 1.54) is 0 Å². The third-order valence-corrected chi connectivity index (χ3v) is 4.58. The molecule has 1 unspecified atom stereocenters. The van der Waals surface area contributed by atoms with E-state index in [1.807, 2.05) is 31.2 Å². The number of aryl methyl sites for hydroxylation is 1. The summed E-state index contributed by atoms with van der Waals surface area (Å²) >= 11 is 3.48. The van der Waals surface area contributed by atoms with Gasteiger partial charge in [0.05, 0.1) is 12.1 Å². The summed E-state index contributed by atoms with van der Waals surface area (Å²) in [7, 11) is 0. The van der Waals surface area contributed by atoms with Crippen molar-refractivity contribution in [3.63, 3.8) is 0 Å². The zero-order valence-electron chi connectivity index (χ0n) is 11.2. The van der Waals surface area contributed by atoms with Gasteiger partial charge in [0.2, 0.25) is 5.91 Å². The van der Waals surface area contributed by atoms with Crippen LogP contribution in [-0.2, 0) is 11.2 Å². The number of aliphatic hydroxyl groups is 1. The normalized spacial score (nSPS) is 17.8. The number of nitrogens with one attached hydrogen (secondary N) is 1. The number of carbonyl (C=O) groups is 1. The minimum Gasteiger partial charge on any atom is -0.394 e. The molecule has 1 atom stereocenters. The Balaban J connectivity index is 1.86. The molecule has 0 aliphatic heterocycles. The number of hydrogen-bond acceptors (Lipinski definition) is 2. The largest absolute Gasteiger partial charge is 0.394 e. The summed E-state index contributed by atoms with van der Waals surface area (Å²) in [6.07, 6.45) is 3.35. The molecular weight excluding hydrogens is 306 g/mol. The molecule has 104 valence electrons. The third-order valence-electron chi connectivity index (χ3n) is 3.81. The van der Waals surface area contributed by atoms with Gasteiger partial charge < -0.3 is 10.4 Å². The highest BCUT2D eigenvalue weighted by molar-refractivity contribution is 9.10. The molecule has 1 amide bonds. The van der Waals surface area contributed by atoms with Crippen LogP contribution in [0.25, 0.3) is 0 Å². The molecule has 0 heterocycles. The molecule has 0 spiro atoms. The Bertz CT molecular complexity index is 459. The van der Waals surface area contributed by atoms with Crippen LogP contribution in [-0.4, -0.2) is 23.2 Å². The average Bonchev–Trinajstić information content (AvgIpc) is 3.22. The van der Waals surface area contributed by atoms with Gasteiger partial charge in [-0.2, -0.15) is 0 Å². The van der Waals surface area contributed by atoms with Crippen LogP contribution in [0.5, 0.6) is 0 Å². The minimum atomic E-state index is -0.439. The van der Waals surface area contributed by atoms with Crippen molar-refractivity contribution in [1.29, 1.82) is 0 Å². The first-order valence-corrected chi connectivity index (χ1v) is 7.50. The molecule has 1 aliphatic carbocycles. The van der Waals surface area contributed by atoms with Gasteiger partial charge in [-0.1, -0.05) is 34.1 Å². The first-order chi connectivity index (χ1) is 9.05. The van der Waals surface area contributed by atoms with Crippen LogP contribution in [0.3, 0.4) is 0 Å². The van der Waals surface area contributed by atoms with Gasteiger partial charge in [-0.3, -0.25) is 4.79 Å². The third kappa shape index (κ3) is 3.80. The van der Waals surface area contributed by atoms with Crippen LogP contribution in [0.2, 0.25) is 0 Å². The summed E-state index contributed by atoms with van der Waals surface area (Å²) < 4.78 is 1.04. The van der Waals surface area contributed by atoms with Crippen molar-refractivity contribution >= 4 is 21.8 Å². The lowest BCUT2D eigenvalue weighted by Gasteiger charge is -2.28. The van der Waals surface area contributed by atoms with Crippen LogP contribution < -0.4 is 5.32 Å². The smallest absolute Gasteiger partial charge is 0.220 e. The minimum absolute atomic E-state index is 0.0123. The average molecular weight is 326 g/mol. The maximum atomic E-state index is 12.0. The Kier molecular flexibility index (Phi) is 4.63. The van der Waals surface area contributed by atoms with Crippen molar-refractivity contribution in [1.82, 2.24) is 5.32 Å². The van der Waals surface area contributed by atoms with Gasteiger partial charge in [0, 0.05) is 10.9 Å². The van der Waals surface area contributed by atoms with E-state index in [2.05, 4.69) is 21.2 Å². The van der Waals surface area contributed by atoms with E-state index < -0.39 is 5.54 Å². The van der Waals surface area contributed by atoms with Gasteiger partial charge in [0.25, 0.3) is 0 Å². The van der Waals surface area contributed by atoms with Crippen LogP contribution in [0.15, 0.2) is 28.7 Å². The maximum Gasteiger partial charge on any atom is 0.220 e. The van der Waals surface area contributed by atoms with Crippen molar-refractivity contribution in [3.05, 3.63) is 34.3 Å². The predicted octanol–water partition coefficient (Wildman–Crippen LogP) is 2.66. The van der Waals surface area contributed by atoms with Crippen LogP contribution in [0, 0.1) is 5.92 Å². The Hall–Kier alpha value is -0.870. The number of benzene rings is 1. The number of rotatable bonds is 6. The quantitative estimate of drug-likeness (QED) is 0.844. The summed E-state index contributed by atoms with van der Waals surface area (Å²) in [5.41, 5.74) is 0.695. The van der Waals surface area contributed by atoms with Gasteiger partial charge in [-0.15, -0.1) is 0 Å². The van der Waals surface area contributed by atoms with Crippen LogP contribution in [0.1, 0.15) is 31.7 Å². The lowest BCUT2D eigenvalue weighted by molar-refractivity contribution is -0.123. The maximum absolute atomic E-state index is 12.0. The topological polar surface area (TPSA) is 49.3 Å². The predicted molar refractivity (Wildman–Crippen MR) is 78.8 cm³/mol. The Labute approximate surface area is 122 Å². The molecule has 1 saturated carbocycles. The lowest BCUT2D eigenvalue weighted by Crippen LogP contribution is -2.50. The Morgan fingerprint density at radius 1 is 1.47 bits per heavy atom. The second kappa shape index (κ2) is 6.06. The molecule has 1 aromatic carbocycles. The highest BCUT2D eigenvalue weighted by Gasteiger charge is 2.41. The fourth-order valence-corrected chi connectivity index (χ4v) is 2.80. The highest BCUT2D eigenvalue weighted by Crippen LogP contribution is 2.39. The van der Waals surface area contributed by atoms with E-state index in [9.17, 15) is 9.90 Å². The Morgan fingerprint density at radius 3 is 2.74 bits per heavy atom. The van der Waals surface area contributed by atoms with E-state index in [0.717, 1.165) is 22.9 Å². The molecule has 2 N–H and O–H groups in total. The second-order valence-corrected chi connectivity index (χ2v) is 6.34. The first kappa shape index (κ1) is 14.5. The molecule has 0 radical (unpaired) electrons. The molecule has 4 heteroatoms. The van der Waals surface area contributed by atoms with Crippen LogP contribution >= 0.6 is 15.9 Å². The fraction of sp³-hybridized carbons (Fsp3) is 0.533. The summed E-state index contributed by atoms with van der Waals surface area (Å²) in [4.78, 5) is 12.0. The van der Waals surface area contributed by atoms with E-state index in [0.29, 0.717) is 18.8 Å². The molecular formula is C15H20BrNO2. The molecule has 3 nitrogen and oxygen atoms in total. The van der Waals surface area contributed by atoms with Crippen LogP contribution in [0.4, 0.5) is 0 Å². The molecule has 0 saturated heterocycles. The summed E-state index contributed by atoms with van der Waals surface area (Å²) in [5, 5.41) is 12.4. The van der Waals surface area contributed by atoms with Gasteiger partial charge in [-0.25, -0.2) is 0 Å². The van der Waals surface area contributed by atoms with E-state index in [4.69, 9.17) is 0 Å². The summed E-state index contributed by atoms with van der Waals surface area (Å²) in [6.45, 7) is 1.94. The molecule has 19 heavy (non-hydrogen) atoms. The summed E-state index contributed by atoms with van der Waals surface area (Å²) in [6, 6.07) is 7.93. The number of amides is 1. The molecule has 1 aliphatic rings. The van der Waals surface area contributed by atoms with Crippen molar-refractivity contribution in [2.24, 2.45) is 5.92 Å². The van der Waals surface area contributed by atoms with Gasteiger partial charge >= 0.3 is 0 Å². The number of aliphatic hydroxyl groups excluding tert-OH is 1. The van der Waals surface area contributed by atoms with Gasteiger partial charge in [-0.05, 0) is 43.7 Å². The highest BCUT2D eigenvalue weighted by atomic mass is 79.9. The fourth-order valence-electron chi connectivity index (χ4n) is 2.32. The van der Waals surface area contributed by atoms with Crippen molar-refractivity contribution in [3.8, 4) is 0 Å². The Morgan fingerprint density at radius 2 is 2.16 bits per heavy atom. The number of hydrogen-bond donors (Lipinski definition) is 2. The lowest BCUT2D eigenvalue weighted by atomic mass is 9.96. The molecule has 1 fully saturated rings. The molecule has 0 aromatic heterocycles. The number of carbonyl (C=O) groups excluding carboxylic acids is 1. The first-order valence-electron chi connectivity index (χ1n) is 6.70. The zero-order chi connectivity index (χ0) is 13.9. The van der Waals surface area contributed by atoms with Crippen molar-refractivity contribution < 1.29 is 9.90 Å². The van der Waals surface area contributed by atoms with E-state index >= 15 is 0 Å². The SMILES string of the molecule is CC(CO)(NC(=O)CCc1ccccc1Br)C1CC1. The monoisotopic (exact) mass is 325 g/mol. The molecule has 2 rings (SSSR count). The van der Waals surface area contributed by atoms with Gasteiger partial charge in [0.1, 0.15) is 0 Å². The van der Waals surface area contributed by atoms with E-state index in [-0.39, 0.29) is 12.5 Å². The molecule has 0 bridgehead atoms. The van der Waals surface area contributed by atoms with Crippen molar-refractivity contribution in [2.75, 3.05) is 6.61 Å². The molecule has 1 aromatic rings. The zero-order valence-corrected chi connectivity index (χ0v) is 12.7. The summed E-state index contributed by atoms with van der Waals surface area (Å²) in [5.74, 6) is 0.448. The second-order valence-electron chi connectivity index (χ2n) is 5.49. The standard InChI is InChI=1S/C15H20BrNO2/c1-15(10-18,12-7-8-12)17-14(19)9-6-11-4-2-3-5-13(11)16/h2-5,12,18H,6-10H2,1H3,(H,17,19). The van der Waals surface area contributed by atoms with Gasteiger partial charge in [0.15, 0.2) is 0 Å².